The van der Waals surface area contributed by atoms with E-state index in [0.717, 1.165) is 55.9 Å². The number of likely N-dealkylation sites (tertiary alicyclic amines) is 1. The number of piperidine rings is 1. The predicted octanol–water partition coefficient (Wildman–Crippen LogP) is 3.15. The number of allylic oxidation sites excluding steroid dienone is 1. The van der Waals surface area contributed by atoms with Crippen LogP contribution in [0.15, 0.2) is 73.1 Å². The number of imide groups is 2. The Bertz CT molecular complexity index is 2160. The molecule has 7 rings (SSSR count). The number of nitrogens with zero attached hydrogens (tertiary/aromatic N) is 4. The molecule has 3 fully saturated rings. The van der Waals surface area contributed by atoms with Gasteiger partial charge in [0.25, 0.3) is 17.7 Å². The van der Waals surface area contributed by atoms with Crippen LogP contribution >= 0.6 is 0 Å². The van der Waals surface area contributed by atoms with Crippen molar-refractivity contribution in [3.05, 3.63) is 95.3 Å². The molecule has 4 aliphatic heterocycles. The minimum absolute atomic E-state index is 0.0303. The molecule has 59 heavy (non-hydrogen) atoms. The molecular formula is C43H48N8O8. The molecular weight excluding hydrogens is 757 g/mol. The van der Waals surface area contributed by atoms with Gasteiger partial charge in [-0.1, -0.05) is 31.0 Å². The zero-order valence-electron chi connectivity index (χ0n) is 32.7. The zero-order chi connectivity index (χ0) is 41.5. The molecule has 0 radical (unpaired) electrons. The predicted molar refractivity (Wildman–Crippen MR) is 217 cm³/mol. The van der Waals surface area contributed by atoms with Crippen molar-refractivity contribution in [3.8, 4) is 5.75 Å². The van der Waals surface area contributed by atoms with Gasteiger partial charge in [0.15, 0.2) is 5.78 Å². The fourth-order valence-electron chi connectivity index (χ4n) is 8.14. The van der Waals surface area contributed by atoms with E-state index >= 15 is 0 Å². The number of ketones is 1. The first-order valence-electron chi connectivity index (χ1n) is 20.2. The first kappa shape index (κ1) is 40.6. The number of phenolic OH excluding ortho intramolecular Hbond substituents is 1. The molecule has 3 aromatic rings. The maximum absolute atomic E-state index is 13.2. The molecule has 1 aromatic heterocycles. The summed E-state index contributed by atoms with van der Waals surface area (Å²) in [4.78, 5) is 97.8. The number of rotatable bonds is 18. The van der Waals surface area contributed by atoms with Crippen LogP contribution in [0, 0.1) is 0 Å². The number of anilines is 2. The first-order chi connectivity index (χ1) is 28.6. The lowest BCUT2D eigenvalue weighted by atomic mass is 10.0. The number of piperazine rings is 1. The maximum Gasteiger partial charge on any atom is 0.264 e. The highest BCUT2D eigenvalue weighted by Crippen LogP contribution is 2.35. The van der Waals surface area contributed by atoms with Crippen LogP contribution in [0.2, 0.25) is 0 Å². The van der Waals surface area contributed by atoms with E-state index in [1.54, 1.807) is 42.6 Å². The van der Waals surface area contributed by atoms with Gasteiger partial charge in [-0.15, -0.1) is 0 Å². The Morgan fingerprint density at radius 2 is 1.64 bits per heavy atom. The second kappa shape index (κ2) is 18.3. The molecule has 6 amide bonds. The Labute approximate surface area is 341 Å². The lowest BCUT2D eigenvalue weighted by molar-refractivity contribution is -0.136. The number of unbranched alkanes of at least 4 members (excludes halogenated alkanes) is 3. The monoisotopic (exact) mass is 804 g/mol. The highest BCUT2D eigenvalue weighted by molar-refractivity contribution is 6.25. The van der Waals surface area contributed by atoms with E-state index in [0.29, 0.717) is 37.3 Å². The van der Waals surface area contributed by atoms with Gasteiger partial charge >= 0.3 is 0 Å². The third-order valence-corrected chi connectivity index (χ3v) is 11.2. The number of aromatic hydroxyl groups is 1. The van der Waals surface area contributed by atoms with E-state index < -0.39 is 29.7 Å². The van der Waals surface area contributed by atoms with Crippen LogP contribution in [0.1, 0.15) is 99.2 Å². The topological polar surface area (TPSA) is 210 Å². The second-order valence-corrected chi connectivity index (χ2v) is 15.2. The number of fused-ring (bicyclic) bond motifs is 3. The van der Waals surface area contributed by atoms with E-state index in [2.05, 4.69) is 36.1 Å². The van der Waals surface area contributed by atoms with E-state index in [1.165, 1.54) is 18.2 Å². The number of pyridine rings is 1. The summed E-state index contributed by atoms with van der Waals surface area (Å²) in [6, 6.07) is 14.5. The van der Waals surface area contributed by atoms with Crippen LogP contribution in [-0.2, 0) is 14.4 Å². The second-order valence-electron chi connectivity index (χ2n) is 15.2. The van der Waals surface area contributed by atoms with Crippen molar-refractivity contribution in [2.75, 3.05) is 42.9 Å². The number of carbonyl (C=O) groups is 7. The molecule has 16 nitrogen and oxygen atoms in total. The Balaban J connectivity index is 0.732. The van der Waals surface area contributed by atoms with Crippen LogP contribution < -0.4 is 26.2 Å². The van der Waals surface area contributed by atoms with Crippen LogP contribution in [0.5, 0.6) is 5.75 Å². The van der Waals surface area contributed by atoms with Gasteiger partial charge in [-0.3, -0.25) is 43.8 Å². The number of carbonyl (C=O) groups excluding carboxylic acids is 7. The number of amides is 6. The average molecular weight is 805 g/mol. The van der Waals surface area contributed by atoms with Crippen molar-refractivity contribution in [3.63, 3.8) is 0 Å². The summed E-state index contributed by atoms with van der Waals surface area (Å²) in [6.07, 6.45) is 10.2. The summed E-state index contributed by atoms with van der Waals surface area (Å²) >= 11 is 0. The summed E-state index contributed by atoms with van der Waals surface area (Å²) < 4.78 is 0. The zero-order valence-corrected chi connectivity index (χ0v) is 32.7. The molecule has 3 atom stereocenters. The summed E-state index contributed by atoms with van der Waals surface area (Å²) in [7, 11) is 0. The summed E-state index contributed by atoms with van der Waals surface area (Å²) in [5.74, 6) is -1.95. The third kappa shape index (κ3) is 9.27. The van der Waals surface area contributed by atoms with E-state index in [-0.39, 0.29) is 71.4 Å². The number of benzene rings is 2. The van der Waals surface area contributed by atoms with Gasteiger partial charge < -0.3 is 30.9 Å². The van der Waals surface area contributed by atoms with Crippen molar-refractivity contribution in [1.82, 2.24) is 30.7 Å². The van der Waals surface area contributed by atoms with Gasteiger partial charge in [-0.25, -0.2) is 4.98 Å². The third-order valence-electron chi connectivity index (χ3n) is 11.2. The Morgan fingerprint density at radius 3 is 2.37 bits per heavy atom. The van der Waals surface area contributed by atoms with Crippen molar-refractivity contribution in [2.24, 2.45) is 0 Å². The molecule has 2 bridgehead atoms. The minimum Gasteiger partial charge on any atom is -0.507 e. The van der Waals surface area contributed by atoms with Crippen molar-refractivity contribution < 1.29 is 38.7 Å². The van der Waals surface area contributed by atoms with Gasteiger partial charge in [0.1, 0.15) is 17.6 Å². The van der Waals surface area contributed by atoms with E-state index in [9.17, 15) is 38.7 Å². The Morgan fingerprint density at radius 1 is 0.847 bits per heavy atom. The summed E-state index contributed by atoms with van der Waals surface area (Å²) in [5, 5.41) is 21.2. The lowest BCUT2D eigenvalue weighted by Crippen LogP contribution is -2.54. The summed E-state index contributed by atoms with van der Waals surface area (Å²) in [6.45, 7) is 2.99. The molecule has 0 spiro atoms. The number of para-hydroxylation sites is 1. The van der Waals surface area contributed by atoms with E-state index in [1.807, 2.05) is 12.3 Å². The number of hydrogen-bond donors (Lipinski definition) is 5. The molecule has 0 saturated carbocycles. The van der Waals surface area contributed by atoms with Gasteiger partial charge in [-0.05, 0) is 68.5 Å². The lowest BCUT2D eigenvalue weighted by Gasteiger charge is -2.34. The van der Waals surface area contributed by atoms with Crippen LogP contribution in [0.3, 0.4) is 0 Å². The molecule has 2 aromatic carbocycles. The van der Waals surface area contributed by atoms with Gasteiger partial charge in [0, 0.05) is 81.8 Å². The fourth-order valence-corrected chi connectivity index (χ4v) is 8.14. The highest BCUT2D eigenvalue weighted by Gasteiger charge is 2.46. The molecule has 0 aliphatic carbocycles. The minimum atomic E-state index is -1.04. The molecule has 4 aliphatic rings. The van der Waals surface area contributed by atoms with Gasteiger partial charge in [0.2, 0.25) is 17.7 Å². The first-order valence-corrected chi connectivity index (χ1v) is 20.2. The van der Waals surface area contributed by atoms with Crippen molar-refractivity contribution >= 4 is 52.7 Å². The molecule has 3 saturated heterocycles. The smallest absolute Gasteiger partial charge is 0.264 e. The fraction of sp³-hybridized carbons (Fsp3) is 0.395. The SMILES string of the molecule is O=C(CCCNc1cccc2c1C(=O)N(C1CCC(=O)NC1=O)C2=O)NCCCCCCNC(=O)c1ccc(N2C[C@H]3C[C@@H]2CN3/C=C/C(=O)c2ccccc2O)nc1. The quantitative estimate of drug-likeness (QED) is 0.0544. The van der Waals surface area contributed by atoms with Crippen molar-refractivity contribution in [1.29, 1.82) is 0 Å². The largest absolute Gasteiger partial charge is 0.507 e. The molecule has 308 valence electrons. The molecule has 5 N–H and O–H groups in total. The Kier molecular flexibility index (Phi) is 12.6. The number of aromatic nitrogens is 1. The van der Waals surface area contributed by atoms with Crippen molar-refractivity contribution in [2.45, 2.75) is 75.9 Å². The number of nitrogens with one attached hydrogen (secondary N) is 4. The number of hydrogen-bond acceptors (Lipinski definition) is 12. The van der Waals surface area contributed by atoms with Crippen LogP contribution in [0.25, 0.3) is 0 Å². The molecule has 1 unspecified atom stereocenters. The molecule has 16 heteroatoms. The number of phenols is 1. The van der Waals surface area contributed by atoms with Crippen LogP contribution in [-0.4, -0.2) is 112 Å². The Hall–Kier alpha value is -6.58. The summed E-state index contributed by atoms with van der Waals surface area (Å²) in [5.41, 5.74) is 1.61. The maximum atomic E-state index is 13.2. The standard InChI is InChI=1S/C43H48N8O8/c52-34-12-4-3-9-30(34)35(53)18-22-49-25-29-23-28(49)26-50(29)36-16-14-27(24-47-36)40(56)46-20-6-2-1-5-19-45-37(54)13-8-21-44-32-11-7-10-31-39(32)43(59)51(42(31)58)33-15-17-38(55)48-41(33)57/h3-4,7,9-12,14,16,18,22,24,28-29,33,44,52H,1-2,5-6,8,13,15,17,19-21,23,25-26H2,(H,45,54)(H,46,56)(H,48,55,57)/b22-18+/t28-,29-,33?/m1/s1. The van der Waals surface area contributed by atoms with Crippen LogP contribution in [0.4, 0.5) is 11.5 Å². The normalized spacial score (nSPS) is 19.7. The average Bonchev–Trinajstić information content (AvgIpc) is 3.91. The van der Waals surface area contributed by atoms with Gasteiger partial charge in [0.05, 0.1) is 22.3 Å². The molecule has 5 heterocycles. The van der Waals surface area contributed by atoms with Gasteiger partial charge in [-0.2, -0.15) is 0 Å². The highest BCUT2D eigenvalue weighted by atomic mass is 16.3. The van der Waals surface area contributed by atoms with E-state index in [4.69, 9.17) is 0 Å².